The zero-order chi connectivity index (χ0) is 19.1. The molecule has 0 aromatic heterocycles. The topological polar surface area (TPSA) is 97.4 Å². The maximum atomic E-state index is 12.1. The van der Waals surface area contributed by atoms with Gasteiger partial charge in [0.15, 0.2) is 12.4 Å². The first kappa shape index (κ1) is 19.9. The van der Waals surface area contributed by atoms with Crippen molar-refractivity contribution >= 4 is 17.9 Å². The van der Waals surface area contributed by atoms with Crippen molar-refractivity contribution in [3.8, 4) is 0 Å². The van der Waals surface area contributed by atoms with Gasteiger partial charge in [0.25, 0.3) is 0 Å². The number of ether oxygens (including phenoxy) is 5. The molecule has 0 amide bonds. The number of carbonyl (C=O) groups excluding carboxylic acids is 3. The van der Waals surface area contributed by atoms with Crippen LogP contribution < -0.4 is 0 Å². The molecule has 2 rings (SSSR count). The van der Waals surface area contributed by atoms with E-state index in [1.54, 1.807) is 30.3 Å². The third-order valence-corrected chi connectivity index (χ3v) is 4.03. The normalized spacial score (nSPS) is 24.7. The van der Waals surface area contributed by atoms with Crippen molar-refractivity contribution in [1.29, 1.82) is 0 Å². The SMILES string of the molecule is COC(=O)C[C@H]1[C@@H](OC(C)=O)[C@H](OC)O[C@@H]1COC(=O)c1ccccc1. The summed E-state index contributed by atoms with van der Waals surface area (Å²) in [5, 5.41) is 0. The Balaban J connectivity index is 2.09. The number of carbonyl (C=O) groups is 3. The van der Waals surface area contributed by atoms with Crippen molar-refractivity contribution in [2.24, 2.45) is 5.92 Å². The summed E-state index contributed by atoms with van der Waals surface area (Å²) in [6.07, 6.45) is -2.43. The first-order chi connectivity index (χ1) is 12.5. The highest BCUT2D eigenvalue weighted by Gasteiger charge is 2.48. The highest BCUT2D eigenvalue weighted by Crippen LogP contribution is 2.33. The fourth-order valence-corrected chi connectivity index (χ4v) is 2.79. The third kappa shape index (κ3) is 5.03. The lowest BCUT2D eigenvalue weighted by Crippen LogP contribution is -2.36. The van der Waals surface area contributed by atoms with Gasteiger partial charge in [-0.3, -0.25) is 9.59 Å². The Morgan fingerprint density at radius 2 is 1.81 bits per heavy atom. The van der Waals surface area contributed by atoms with Gasteiger partial charge < -0.3 is 23.7 Å². The second kappa shape index (κ2) is 9.30. The molecule has 8 heteroatoms. The lowest BCUT2D eigenvalue weighted by atomic mass is 9.94. The van der Waals surface area contributed by atoms with E-state index in [1.165, 1.54) is 21.1 Å². The standard InChI is InChI=1S/C18H22O8/c1-11(19)25-16-13(9-15(20)22-2)14(26-18(16)23-3)10-24-17(21)12-7-5-4-6-8-12/h4-8,13-14,16,18H,9-10H2,1-3H3/t13-,14-,16-,18-/m1/s1. The van der Waals surface area contributed by atoms with E-state index in [2.05, 4.69) is 0 Å². The van der Waals surface area contributed by atoms with Crippen molar-refractivity contribution in [2.45, 2.75) is 31.8 Å². The van der Waals surface area contributed by atoms with Crippen LogP contribution in [0.15, 0.2) is 30.3 Å². The lowest BCUT2D eigenvalue weighted by molar-refractivity contribution is -0.178. The molecule has 1 aromatic rings. The molecule has 4 atom stereocenters. The fourth-order valence-electron chi connectivity index (χ4n) is 2.79. The van der Waals surface area contributed by atoms with Crippen LogP contribution in [-0.4, -0.2) is 57.2 Å². The smallest absolute Gasteiger partial charge is 0.338 e. The molecule has 0 N–H and O–H groups in total. The summed E-state index contributed by atoms with van der Waals surface area (Å²) in [4.78, 5) is 35.2. The van der Waals surface area contributed by atoms with Crippen molar-refractivity contribution in [3.05, 3.63) is 35.9 Å². The number of hydrogen-bond donors (Lipinski definition) is 0. The summed E-state index contributed by atoms with van der Waals surface area (Å²) >= 11 is 0. The number of esters is 3. The Bertz CT molecular complexity index is 629. The van der Waals surface area contributed by atoms with Crippen LogP contribution in [0, 0.1) is 5.92 Å². The summed E-state index contributed by atoms with van der Waals surface area (Å²) in [6.45, 7) is 1.14. The molecule has 1 fully saturated rings. The van der Waals surface area contributed by atoms with Crippen LogP contribution in [0.1, 0.15) is 23.7 Å². The molecule has 0 aliphatic carbocycles. The number of methoxy groups -OCH3 is 2. The second-order valence-corrected chi connectivity index (χ2v) is 5.76. The van der Waals surface area contributed by atoms with E-state index in [4.69, 9.17) is 23.7 Å². The molecular weight excluding hydrogens is 344 g/mol. The van der Waals surface area contributed by atoms with Gasteiger partial charge in [-0.25, -0.2) is 4.79 Å². The van der Waals surface area contributed by atoms with E-state index in [9.17, 15) is 14.4 Å². The zero-order valence-corrected chi connectivity index (χ0v) is 14.9. The average Bonchev–Trinajstić information content (AvgIpc) is 2.96. The van der Waals surface area contributed by atoms with Crippen molar-refractivity contribution in [1.82, 2.24) is 0 Å². The average molecular weight is 366 g/mol. The minimum Gasteiger partial charge on any atom is -0.469 e. The molecule has 1 heterocycles. The number of hydrogen-bond acceptors (Lipinski definition) is 8. The molecule has 142 valence electrons. The Kier molecular flexibility index (Phi) is 7.11. The predicted molar refractivity (Wildman–Crippen MR) is 88.1 cm³/mol. The Morgan fingerprint density at radius 1 is 1.12 bits per heavy atom. The molecule has 8 nitrogen and oxygen atoms in total. The second-order valence-electron chi connectivity index (χ2n) is 5.76. The molecular formula is C18H22O8. The monoisotopic (exact) mass is 366 g/mol. The summed E-state index contributed by atoms with van der Waals surface area (Å²) < 4.78 is 26.1. The van der Waals surface area contributed by atoms with Crippen LogP contribution in [0.25, 0.3) is 0 Å². The zero-order valence-electron chi connectivity index (χ0n) is 14.9. The molecule has 1 saturated heterocycles. The largest absolute Gasteiger partial charge is 0.469 e. The quantitative estimate of drug-likeness (QED) is 0.527. The maximum Gasteiger partial charge on any atom is 0.338 e. The molecule has 26 heavy (non-hydrogen) atoms. The lowest BCUT2D eigenvalue weighted by Gasteiger charge is -2.22. The fraction of sp³-hybridized carbons (Fsp3) is 0.500. The van der Waals surface area contributed by atoms with E-state index >= 15 is 0 Å². The molecule has 1 aromatic carbocycles. The van der Waals surface area contributed by atoms with E-state index in [1.807, 2.05) is 0 Å². The third-order valence-electron chi connectivity index (χ3n) is 4.03. The van der Waals surface area contributed by atoms with Crippen LogP contribution in [0.4, 0.5) is 0 Å². The van der Waals surface area contributed by atoms with Gasteiger partial charge in [-0.15, -0.1) is 0 Å². The van der Waals surface area contributed by atoms with Gasteiger partial charge in [0, 0.05) is 20.0 Å². The first-order valence-corrected chi connectivity index (χ1v) is 8.10. The Labute approximate surface area is 151 Å². The van der Waals surface area contributed by atoms with Crippen LogP contribution in [0.3, 0.4) is 0 Å². The van der Waals surface area contributed by atoms with Crippen LogP contribution in [-0.2, 0) is 33.3 Å². The Morgan fingerprint density at radius 3 is 2.38 bits per heavy atom. The minimum absolute atomic E-state index is 0.0676. The molecule has 1 aliphatic heterocycles. The molecule has 1 aliphatic rings. The highest BCUT2D eigenvalue weighted by molar-refractivity contribution is 5.89. The summed E-state index contributed by atoms with van der Waals surface area (Å²) in [6, 6.07) is 8.49. The van der Waals surface area contributed by atoms with Crippen molar-refractivity contribution in [2.75, 3.05) is 20.8 Å². The number of rotatable bonds is 7. The minimum atomic E-state index is -0.867. The maximum absolute atomic E-state index is 12.1. The molecule has 0 saturated carbocycles. The summed E-state index contributed by atoms with van der Waals surface area (Å²) in [5.74, 6) is -2.11. The Hall–Kier alpha value is -2.45. The first-order valence-electron chi connectivity index (χ1n) is 8.10. The van der Waals surface area contributed by atoms with Gasteiger partial charge >= 0.3 is 17.9 Å². The number of benzene rings is 1. The van der Waals surface area contributed by atoms with Gasteiger partial charge in [-0.1, -0.05) is 18.2 Å². The van der Waals surface area contributed by atoms with Gasteiger partial charge in [0.05, 0.1) is 19.1 Å². The van der Waals surface area contributed by atoms with Crippen LogP contribution >= 0.6 is 0 Å². The molecule has 0 spiro atoms. The molecule has 0 bridgehead atoms. The van der Waals surface area contributed by atoms with Crippen molar-refractivity contribution in [3.63, 3.8) is 0 Å². The van der Waals surface area contributed by atoms with E-state index in [-0.39, 0.29) is 13.0 Å². The predicted octanol–water partition coefficient (Wildman–Crippen LogP) is 1.33. The van der Waals surface area contributed by atoms with E-state index < -0.39 is 42.3 Å². The van der Waals surface area contributed by atoms with Crippen molar-refractivity contribution < 1.29 is 38.1 Å². The van der Waals surface area contributed by atoms with Gasteiger partial charge in [0.2, 0.25) is 0 Å². The molecule has 0 radical (unpaired) electrons. The van der Waals surface area contributed by atoms with Gasteiger partial charge in [-0.2, -0.15) is 0 Å². The van der Waals surface area contributed by atoms with Gasteiger partial charge in [-0.05, 0) is 12.1 Å². The summed E-state index contributed by atoms with van der Waals surface area (Å²) in [7, 11) is 2.66. The highest BCUT2D eigenvalue weighted by atomic mass is 16.7. The van der Waals surface area contributed by atoms with E-state index in [0.717, 1.165) is 0 Å². The van der Waals surface area contributed by atoms with E-state index in [0.29, 0.717) is 5.56 Å². The summed E-state index contributed by atoms with van der Waals surface area (Å²) in [5.41, 5.74) is 0.398. The molecule has 0 unspecified atom stereocenters. The van der Waals surface area contributed by atoms with Crippen LogP contribution in [0.5, 0.6) is 0 Å². The van der Waals surface area contributed by atoms with Gasteiger partial charge in [0.1, 0.15) is 12.7 Å². The van der Waals surface area contributed by atoms with Crippen LogP contribution in [0.2, 0.25) is 0 Å².